The summed E-state index contributed by atoms with van der Waals surface area (Å²) in [7, 11) is 1.52. The summed E-state index contributed by atoms with van der Waals surface area (Å²) >= 11 is 6.26. The van der Waals surface area contributed by atoms with Gasteiger partial charge in [0, 0.05) is 18.5 Å². The molecule has 0 fully saturated rings. The molecule has 0 atom stereocenters. The van der Waals surface area contributed by atoms with E-state index in [0.29, 0.717) is 47.6 Å². The van der Waals surface area contributed by atoms with Crippen LogP contribution in [-0.2, 0) is 6.42 Å². The van der Waals surface area contributed by atoms with Crippen LogP contribution in [0.25, 0.3) is 0 Å². The molecule has 1 aromatic carbocycles. The molecule has 0 bridgehead atoms. The first-order valence-corrected chi connectivity index (χ1v) is 8.20. The van der Waals surface area contributed by atoms with Gasteiger partial charge in [0.05, 0.1) is 25.0 Å². The van der Waals surface area contributed by atoms with E-state index in [1.807, 2.05) is 26.0 Å². The van der Waals surface area contributed by atoms with Crippen molar-refractivity contribution in [3.8, 4) is 11.5 Å². The molecule has 6 heteroatoms. The summed E-state index contributed by atoms with van der Waals surface area (Å²) in [5, 5.41) is 3.18. The molecule has 1 amide bonds. The first-order chi connectivity index (χ1) is 11.5. The normalized spacial score (nSPS) is 10.7. The van der Waals surface area contributed by atoms with E-state index < -0.39 is 0 Å². The third-order valence-corrected chi connectivity index (χ3v) is 3.57. The molecular weight excluding hydrogens is 330 g/mol. The van der Waals surface area contributed by atoms with Gasteiger partial charge in [0.2, 0.25) is 0 Å². The van der Waals surface area contributed by atoms with Gasteiger partial charge in [-0.15, -0.1) is 0 Å². The smallest absolute Gasteiger partial charge is 0.251 e. The number of nitrogens with one attached hydrogen (secondary N) is 1. The Morgan fingerprint density at radius 2 is 2.17 bits per heavy atom. The molecule has 2 aromatic rings. The fourth-order valence-corrected chi connectivity index (χ4v) is 2.36. The molecule has 5 nitrogen and oxygen atoms in total. The van der Waals surface area contributed by atoms with Crippen LogP contribution in [0.15, 0.2) is 34.9 Å². The van der Waals surface area contributed by atoms with Crippen LogP contribution in [0.4, 0.5) is 0 Å². The fraction of sp³-hybridized carbons (Fsp3) is 0.389. The van der Waals surface area contributed by atoms with Crippen molar-refractivity contribution in [3.63, 3.8) is 0 Å². The van der Waals surface area contributed by atoms with Crippen LogP contribution in [0.2, 0.25) is 5.02 Å². The predicted molar refractivity (Wildman–Crippen MR) is 93.1 cm³/mol. The molecule has 1 aromatic heterocycles. The summed E-state index contributed by atoms with van der Waals surface area (Å²) in [6, 6.07) is 6.90. The third kappa shape index (κ3) is 4.93. The minimum Gasteiger partial charge on any atom is -0.493 e. The quantitative estimate of drug-likeness (QED) is 0.782. The van der Waals surface area contributed by atoms with Crippen molar-refractivity contribution in [1.29, 1.82) is 0 Å². The second kappa shape index (κ2) is 8.64. The number of hydrogen-bond donors (Lipinski definition) is 1. The Labute approximate surface area is 146 Å². The van der Waals surface area contributed by atoms with Gasteiger partial charge in [-0.05, 0) is 30.2 Å². The lowest BCUT2D eigenvalue weighted by atomic mass is 10.1. The number of carbonyl (C=O) groups excluding carboxylic acids is 1. The highest BCUT2D eigenvalue weighted by atomic mass is 35.5. The van der Waals surface area contributed by atoms with Crippen molar-refractivity contribution in [2.45, 2.75) is 20.3 Å². The Balaban J connectivity index is 2.03. The van der Waals surface area contributed by atoms with Gasteiger partial charge >= 0.3 is 0 Å². The van der Waals surface area contributed by atoms with Gasteiger partial charge in [0.1, 0.15) is 5.76 Å². The van der Waals surface area contributed by atoms with Gasteiger partial charge in [-0.1, -0.05) is 25.4 Å². The fourth-order valence-electron chi connectivity index (χ4n) is 2.10. The zero-order valence-corrected chi connectivity index (χ0v) is 14.9. The maximum absolute atomic E-state index is 12.3. The third-order valence-electron chi connectivity index (χ3n) is 3.29. The van der Waals surface area contributed by atoms with E-state index in [1.165, 1.54) is 7.11 Å². The Morgan fingerprint density at radius 3 is 2.79 bits per heavy atom. The Morgan fingerprint density at radius 1 is 1.38 bits per heavy atom. The number of furan rings is 1. The van der Waals surface area contributed by atoms with Gasteiger partial charge in [-0.3, -0.25) is 4.79 Å². The minimum absolute atomic E-state index is 0.225. The average molecular weight is 352 g/mol. The number of benzene rings is 1. The Bertz CT molecular complexity index is 668. The maximum atomic E-state index is 12.3. The van der Waals surface area contributed by atoms with Crippen molar-refractivity contribution >= 4 is 17.5 Å². The summed E-state index contributed by atoms with van der Waals surface area (Å²) in [4.78, 5) is 12.3. The molecule has 2 rings (SSSR count). The summed E-state index contributed by atoms with van der Waals surface area (Å²) < 4.78 is 16.2. The molecule has 130 valence electrons. The van der Waals surface area contributed by atoms with Gasteiger partial charge in [-0.25, -0.2) is 0 Å². The highest BCUT2D eigenvalue weighted by molar-refractivity contribution is 6.32. The molecule has 0 aliphatic heterocycles. The lowest BCUT2D eigenvalue weighted by Crippen LogP contribution is -2.25. The number of hydrogen-bond acceptors (Lipinski definition) is 4. The molecule has 0 saturated heterocycles. The number of carbonyl (C=O) groups is 1. The predicted octanol–water partition coefficient (Wildman–Crippen LogP) is 3.95. The van der Waals surface area contributed by atoms with Crippen LogP contribution in [0.3, 0.4) is 0 Å². The van der Waals surface area contributed by atoms with Crippen LogP contribution < -0.4 is 14.8 Å². The van der Waals surface area contributed by atoms with Crippen molar-refractivity contribution in [3.05, 3.63) is 46.9 Å². The van der Waals surface area contributed by atoms with Crippen LogP contribution in [0.5, 0.6) is 11.5 Å². The second-order valence-corrected chi connectivity index (χ2v) is 6.19. The van der Waals surface area contributed by atoms with E-state index in [1.54, 1.807) is 18.4 Å². The highest BCUT2D eigenvalue weighted by Gasteiger charge is 2.16. The zero-order valence-electron chi connectivity index (χ0n) is 14.1. The molecule has 0 radical (unpaired) electrons. The number of rotatable bonds is 8. The first kappa shape index (κ1) is 18.2. The Hall–Kier alpha value is -2.14. The molecule has 24 heavy (non-hydrogen) atoms. The number of ether oxygens (including phenoxy) is 2. The number of halogens is 1. The molecule has 1 heterocycles. The van der Waals surface area contributed by atoms with Gasteiger partial charge in [-0.2, -0.15) is 0 Å². The van der Waals surface area contributed by atoms with Crippen molar-refractivity contribution in [2.24, 2.45) is 5.92 Å². The van der Waals surface area contributed by atoms with Crippen LogP contribution in [0.1, 0.15) is 30.0 Å². The highest BCUT2D eigenvalue weighted by Crippen LogP contribution is 2.36. The SMILES string of the molecule is COc1cc(C(=O)NCCc2ccco2)cc(Cl)c1OCC(C)C. The average Bonchev–Trinajstić information content (AvgIpc) is 3.06. The molecule has 0 saturated carbocycles. The standard InChI is InChI=1S/C18H22ClNO4/c1-12(2)11-24-17-15(19)9-13(10-16(17)22-3)18(21)20-7-6-14-5-4-8-23-14/h4-5,8-10,12H,6-7,11H2,1-3H3,(H,20,21). The summed E-state index contributed by atoms with van der Waals surface area (Å²) in [6.45, 7) is 5.07. The molecular formula is C18H22ClNO4. The maximum Gasteiger partial charge on any atom is 0.251 e. The van der Waals surface area contributed by atoms with Crippen LogP contribution in [0, 0.1) is 5.92 Å². The van der Waals surface area contributed by atoms with Crippen molar-refractivity contribution in [2.75, 3.05) is 20.3 Å². The van der Waals surface area contributed by atoms with E-state index in [9.17, 15) is 4.79 Å². The van der Waals surface area contributed by atoms with E-state index in [4.69, 9.17) is 25.5 Å². The van der Waals surface area contributed by atoms with Crippen molar-refractivity contribution in [1.82, 2.24) is 5.32 Å². The lowest BCUT2D eigenvalue weighted by Gasteiger charge is -2.15. The number of amides is 1. The van der Waals surface area contributed by atoms with E-state index in [-0.39, 0.29) is 5.91 Å². The topological polar surface area (TPSA) is 60.7 Å². The Kier molecular flexibility index (Phi) is 6.55. The summed E-state index contributed by atoms with van der Waals surface area (Å²) in [5.41, 5.74) is 0.424. The number of methoxy groups -OCH3 is 1. The largest absolute Gasteiger partial charge is 0.493 e. The lowest BCUT2D eigenvalue weighted by molar-refractivity contribution is 0.0953. The zero-order chi connectivity index (χ0) is 17.5. The summed E-state index contributed by atoms with van der Waals surface area (Å²) in [5.74, 6) is 1.86. The van der Waals surface area contributed by atoms with E-state index in [2.05, 4.69) is 5.32 Å². The van der Waals surface area contributed by atoms with Gasteiger partial charge in [0.25, 0.3) is 5.91 Å². The monoisotopic (exact) mass is 351 g/mol. The van der Waals surface area contributed by atoms with Gasteiger partial charge in [0.15, 0.2) is 11.5 Å². The molecule has 0 spiro atoms. The molecule has 0 unspecified atom stereocenters. The molecule has 0 aliphatic carbocycles. The van der Waals surface area contributed by atoms with Crippen LogP contribution in [-0.4, -0.2) is 26.2 Å². The second-order valence-electron chi connectivity index (χ2n) is 5.78. The van der Waals surface area contributed by atoms with Crippen molar-refractivity contribution < 1.29 is 18.7 Å². The molecule has 0 aliphatic rings. The summed E-state index contributed by atoms with van der Waals surface area (Å²) in [6.07, 6.45) is 2.23. The van der Waals surface area contributed by atoms with E-state index in [0.717, 1.165) is 5.76 Å². The van der Waals surface area contributed by atoms with E-state index >= 15 is 0 Å². The first-order valence-electron chi connectivity index (χ1n) is 7.82. The van der Waals surface area contributed by atoms with Crippen LogP contribution >= 0.6 is 11.6 Å². The molecule has 1 N–H and O–H groups in total. The minimum atomic E-state index is -0.225. The van der Waals surface area contributed by atoms with Gasteiger partial charge < -0.3 is 19.2 Å².